The number of anilines is 2. The second-order valence-corrected chi connectivity index (χ2v) is 9.00. The third-order valence-corrected chi connectivity index (χ3v) is 6.91. The first kappa shape index (κ1) is 20.3. The molecule has 0 spiro atoms. The molecule has 0 amide bonds. The summed E-state index contributed by atoms with van der Waals surface area (Å²) in [6.45, 7) is 13.1. The van der Waals surface area contributed by atoms with Crippen LogP contribution in [0.2, 0.25) is 0 Å². The Morgan fingerprint density at radius 2 is 1.52 bits per heavy atom. The lowest BCUT2D eigenvalue weighted by Crippen LogP contribution is -2.47. The minimum atomic E-state index is 1.00. The number of nitrogens with zero attached hydrogens (tertiary/aromatic N) is 6. The quantitative estimate of drug-likeness (QED) is 0.636. The molecule has 0 unspecified atom stereocenters. The van der Waals surface area contributed by atoms with E-state index in [0.717, 1.165) is 50.7 Å². The molecule has 5 rings (SSSR count). The molecule has 0 aliphatic carbocycles. The molecule has 0 bridgehead atoms. The third-order valence-electron chi connectivity index (χ3n) is 6.91. The zero-order chi connectivity index (χ0) is 21.2. The number of piperazine rings is 2. The van der Waals surface area contributed by atoms with E-state index in [4.69, 9.17) is 4.98 Å². The highest BCUT2D eigenvalue weighted by molar-refractivity contribution is 5.78. The number of rotatable bonds is 5. The van der Waals surface area contributed by atoms with Gasteiger partial charge in [-0.25, -0.2) is 4.98 Å². The molecule has 2 aromatic heterocycles. The van der Waals surface area contributed by atoms with E-state index in [9.17, 15) is 0 Å². The fourth-order valence-electron chi connectivity index (χ4n) is 4.82. The van der Waals surface area contributed by atoms with E-state index in [1.807, 2.05) is 0 Å². The highest BCUT2D eigenvalue weighted by Crippen LogP contribution is 2.24. The average molecular weight is 419 g/mol. The lowest BCUT2D eigenvalue weighted by Gasteiger charge is -2.37. The Balaban J connectivity index is 1.25. The molecule has 0 N–H and O–H groups in total. The van der Waals surface area contributed by atoms with Crippen molar-refractivity contribution in [2.45, 2.75) is 13.5 Å². The summed E-state index contributed by atoms with van der Waals surface area (Å²) >= 11 is 0. The number of likely N-dealkylation sites (N-methyl/N-ethyl adjacent to an activating group) is 1. The van der Waals surface area contributed by atoms with Gasteiger partial charge in [-0.15, -0.1) is 0 Å². The average Bonchev–Trinajstić information content (AvgIpc) is 3.21. The van der Waals surface area contributed by atoms with Crippen molar-refractivity contribution in [1.82, 2.24) is 19.4 Å². The minimum Gasteiger partial charge on any atom is -0.368 e. The fourth-order valence-corrected chi connectivity index (χ4v) is 4.82. The molecular weight excluding hydrogens is 384 g/mol. The normalized spacial score (nSPS) is 18.8. The lowest BCUT2D eigenvalue weighted by molar-refractivity contribution is 0.150. The molecule has 2 saturated heterocycles. The SMILES string of the molecule is Cc1ccccc1N1CCN(c2ccc3ccn(CCN4CCN(C)CC4)c3n2)CC1. The number of pyridine rings is 1. The van der Waals surface area contributed by atoms with Crippen molar-refractivity contribution < 1.29 is 0 Å². The Bertz CT molecular complexity index is 1010. The Kier molecular flexibility index (Phi) is 5.83. The van der Waals surface area contributed by atoms with Gasteiger partial charge in [0.1, 0.15) is 11.5 Å². The molecule has 31 heavy (non-hydrogen) atoms. The van der Waals surface area contributed by atoms with E-state index in [1.165, 1.54) is 42.8 Å². The summed E-state index contributed by atoms with van der Waals surface area (Å²) in [5.41, 5.74) is 3.84. The molecule has 164 valence electrons. The molecule has 6 nitrogen and oxygen atoms in total. The van der Waals surface area contributed by atoms with Crippen molar-refractivity contribution >= 4 is 22.5 Å². The van der Waals surface area contributed by atoms with Crippen molar-refractivity contribution in [2.24, 2.45) is 0 Å². The van der Waals surface area contributed by atoms with Gasteiger partial charge in [-0.3, -0.25) is 4.90 Å². The highest BCUT2D eigenvalue weighted by Gasteiger charge is 2.20. The van der Waals surface area contributed by atoms with Crippen LogP contribution in [0.3, 0.4) is 0 Å². The van der Waals surface area contributed by atoms with Crippen LogP contribution in [0.1, 0.15) is 5.56 Å². The van der Waals surface area contributed by atoms with Crippen molar-refractivity contribution in [3.63, 3.8) is 0 Å². The first-order valence-corrected chi connectivity index (χ1v) is 11.6. The van der Waals surface area contributed by atoms with Gasteiger partial charge in [-0.05, 0) is 43.8 Å². The van der Waals surface area contributed by atoms with Crippen molar-refractivity contribution in [3.8, 4) is 0 Å². The predicted octanol–water partition coefficient (Wildman–Crippen LogP) is 2.92. The molecule has 0 saturated carbocycles. The van der Waals surface area contributed by atoms with Gasteiger partial charge in [0.05, 0.1) is 0 Å². The van der Waals surface area contributed by atoms with E-state index < -0.39 is 0 Å². The van der Waals surface area contributed by atoms with Crippen molar-refractivity contribution in [1.29, 1.82) is 0 Å². The Morgan fingerprint density at radius 3 is 2.29 bits per heavy atom. The van der Waals surface area contributed by atoms with Gasteiger partial charge >= 0.3 is 0 Å². The van der Waals surface area contributed by atoms with Crippen molar-refractivity contribution in [3.05, 3.63) is 54.2 Å². The Hall–Kier alpha value is -2.57. The zero-order valence-corrected chi connectivity index (χ0v) is 18.9. The molecule has 6 heteroatoms. The summed E-state index contributed by atoms with van der Waals surface area (Å²) in [5, 5.41) is 1.24. The summed E-state index contributed by atoms with van der Waals surface area (Å²) in [4.78, 5) is 15.0. The van der Waals surface area contributed by atoms with Gasteiger partial charge < -0.3 is 19.3 Å². The van der Waals surface area contributed by atoms with Gasteiger partial charge in [-0.2, -0.15) is 0 Å². The summed E-state index contributed by atoms with van der Waals surface area (Å²) in [6.07, 6.45) is 2.20. The second kappa shape index (κ2) is 8.89. The van der Waals surface area contributed by atoms with Crippen LogP contribution in [0.4, 0.5) is 11.5 Å². The van der Waals surface area contributed by atoms with Crippen LogP contribution in [-0.4, -0.2) is 85.3 Å². The summed E-state index contributed by atoms with van der Waals surface area (Å²) in [6, 6.07) is 15.3. The first-order chi connectivity index (χ1) is 15.2. The van der Waals surface area contributed by atoms with Gasteiger partial charge in [-0.1, -0.05) is 18.2 Å². The predicted molar refractivity (Wildman–Crippen MR) is 129 cm³/mol. The van der Waals surface area contributed by atoms with Gasteiger partial charge in [0, 0.05) is 82.7 Å². The first-order valence-electron chi connectivity index (χ1n) is 11.6. The largest absolute Gasteiger partial charge is 0.368 e. The minimum absolute atomic E-state index is 1.00. The molecule has 0 radical (unpaired) electrons. The number of aromatic nitrogens is 2. The number of hydrogen-bond acceptors (Lipinski definition) is 5. The Morgan fingerprint density at radius 1 is 0.774 bits per heavy atom. The summed E-state index contributed by atoms with van der Waals surface area (Å²) in [7, 11) is 2.21. The number of hydrogen-bond donors (Lipinski definition) is 0. The van der Waals surface area contributed by atoms with E-state index in [1.54, 1.807) is 0 Å². The smallest absolute Gasteiger partial charge is 0.142 e. The summed E-state index contributed by atoms with van der Waals surface area (Å²) < 4.78 is 2.33. The van der Waals surface area contributed by atoms with E-state index >= 15 is 0 Å². The summed E-state index contributed by atoms with van der Waals surface area (Å²) in [5.74, 6) is 1.11. The topological polar surface area (TPSA) is 30.8 Å². The maximum Gasteiger partial charge on any atom is 0.142 e. The molecule has 2 aliphatic rings. The van der Waals surface area contributed by atoms with Gasteiger partial charge in [0.2, 0.25) is 0 Å². The maximum atomic E-state index is 5.09. The molecule has 2 fully saturated rings. The van der Waals surface area contributed by atoms with Crippen LogP contribution in [0.25, 0.3) is 11.0 Å². The lowest BCUT2D eigenvalue weighted by atomic mass is 10.1. The zero-order valence-electron chi connectivity index (χ0n) is 18.9. The number of benzene rings is 1. The van der Waals surface area contributed by atoms with Crippen LogP contribution < -0.4 is 9.80 Å². The molecule has 2 aliphatic heterocycles. The van der Waals surface area contributed by atoms with E-state index in [-0.39, 0.29) is 0 Å². The van der Waals surface area contributed by atoms with Gasteiger partial charge in [0.15, 0.2) is 0 Å². The van der Waals surface area contributed by atoms with Crippen LogP contribution in [0, 0.1) is 6.92 Å². The molecule has 4 heterocycles. The standard InChI is InChI=1S/C25H34N6/c1-21-5-3-4-6-23(21)29-17-19-30(20-18-29)24-8-7-22-9-10-31(25(22)26-24)16-15-28-13-11-27(2)12-14-28/h3-10H,11-20H2,1-2H3. The van der Waals surface area contributed by atoms with Crippen LogP contribution in [-0.2, 0) is 6.54 Å². The Labute approximate surface area is 185 Å². The second-order valence-electron chi connectivity index (χ2n) is 9.00. The maximum absolute atomic E-state index is 5.09. The van der Waals surface area contributed by atoms with Crippen LogP contribution >= 0.6 is 0 Å². The third kappa shape index (κ3) is 4.41. The fraction of sp³-hybridized carbons (Fsp3) is 0.480. The van der Waals surface area contributed by atoms with Crippen molar-refractivity contribution in [2.75, 3.05) is 75.8 Å². The van der Waals surface area contributed by atoms with Crippen LogP contribution in [0.5, 0.6) is 0 Å². The molecule has 0 atom stereocenters. The number of fused-ring (bicyclic) bond motifs is 1. The number of para-hydroxylation sites is 1. The number of aryl methyl sites for hydroxylation is 1. The molecular formula is C25H34N6. The van der Waals surface area contributed by atoms with E-state index in [2.05, 4.69) is 86.8 Å². The monoisotopic (exact) mass is 418 g/mol. The van der Waals surface area contributed by atoms with Gasteiger partial charge in [0.25, 0.3) is 0 Å². The molecule has 3 aromatic rings. The molecule has 1 aromatic carbocycles. The highest BCUT2D eigenvalue weighted by atomic mass is 15.3. The van der Waals surface area contributed by atoms with E-state index in [0.29, 0.717) is 0 Å². The van der Waals surface area contributed by atoms with Crippen LogP contribution in [0.15, 0.2) is 48.7 Å².